The van der Waals surface area contributed by atoms with Crippen LogP contribution in [0.25, 0.3) is 0 Å². The van der Waals surface area contributed by atoms with Crippen molar-refractivity contribution in [3.63, 3.8) is 0 Å². The number of piperidine rings is 1. The highest BCUT2D eigenvalue weighted by Crippen LogP contribution is 2.19. The van der Waals surface area contributed by atoms with Gasteiger partial charge < -0.3 is 10.4 Å². The average molecular weight is 424 g/mol. The maximum atomic E-state index is 12.2. The summed E-state index contributed by atoms with van der Waals surface area (Å²) < 4.78 is 27.2. The van der Waals surface area contributed by atoms with E-state index in [2.05, 4.69) is 10.0 Å². The van der Waals surface area contributed by atoms with E-state index < -0.39 is 22.0 Å². The van der Waals surface area contributed by atoms with Gasteiger partial charge in [-0.05, 0) is 53.6 Å². The van der Waals surface area contributed by atoms with Gasteiger partial charge in [-0.2, -0.15) is 4.72 Å². The van der Waals surface area contributed by atoms with E-state index in [-0.39, 0.29) is 16.4 Å². The van der Waals surface area contributed by atoms with Crippen LogP contribution in [-0.4, -0.2) is 38.0 Å². The summed E-state index contributed by atoms with van der Waals surface area (Å²) in [6.07, 6.45) is 1.10. The molecule has 0 saturated carbocycles. The molecule has 1 saturated heterocycles. The van der Waals surface area contributed by atoms with Gasteiger partial charge in [-0.25, -0.2) is 13.2 Å². The molecule has 1 aromatic carbocycles. The Hall–Kier alpha value is -1.20. The quantitative estimate of drug-likeness (QED) is 0.612. The molecule has 0 spiro atoms. The number of carboxylic acid groups (broad SMARTS) is 1. The van der Waals surface area contributed by atoms with Gasteiger partial charge in [0.05, 0.1) is 10.5 Å². The first-order valence-electron chi connectivity index (χ1n) is 6.14. The number of rotatable bonds is 4. The molecule has 1 aliphatic rings. The average Bonchev–Trinajstić information content (AvgIpc) is 2.41. The number of hydrogen-bond acceptors (Lipinski definition) is 4. The minimum Gasteiger partial charge on any atom is -0.478 e. The standard InChI is InChI=1S/C12H13IN2O5S/c13-9-4-3-7(6-8(9)12(17)18)21(19,20)15-10-2-1-5-14-11(10)16/h3-4,6,10,15H,1-2,5H2,(H,14,16)(H,17,18). The van der Waals surface area contributed by atoms with Crippen LogP contribution in [0.1, 0.15) is 23.2 Å². The highest BCUT2D eigenvalue weighted by atomic mass is 127. The monoisotopic (exact) mass is 424 g/mol. The number of amides is 1. The van der Waals surface area contributed by atoms with Crippen molar-refractivity contribution >= 4 is 44.5 Å². The lowest BCUT2D eigenvalue weighted by Crippen LogP contribution is -2.50. The van der Waals surface area contributed by atoms with Crippen molar-refractivity contribution in [1.29, 1.82) is 0 Å². The summed E-state index contributed by atoms with van der Waals surface area (Å²) in [5.74, 6) is -1.57. The number of halogens is 1. The van der Waals surface area contributed by atoms with E-state index in [1.54, 1.807) is 0 Å². The van der Waals surface area contributed by atoms with Gasteiger partial charge in [0.25, 0.3) is 0 Å². The summed E-state index contributed by atoms with van der Waals surface area (Å²) in [6.45, 7) is 0.532. The molecule has 21 heavy (non-hydrogen) atoms. The fourth-order valence-electron chi connectivity index (χ4n) is 1.98. The zero-order chi connectivity index (χ0) is 15.6. The summed E-state index contributed by atoms with van der Waals surface area (Å²) >= 11 is 1.82. The number of nitrogens with one attached hydrogen (secondary N) is 2. The first kappa shape index (κ1) is 16.2. The molecule has 1 aromatic rings. The predicted molar refractivity (Wildman–Crippen MR) is 82.5 cm³/mol. The van der Waals surface area contributed by atoms with Crippen molar-refractivity contribution in [2.75, 3.05) is 6.54 Å². The first-order chi connectivity index (χ1) is 9.81. The van der Waals surface area contributed by atoms with Crippen molar-refractivity contribution in [2.24, 2.45) is 0 Å². The third-order valence-electron chi connectivity index (χ3n) is 3.06. The molecular formula is C12H13IN2O5S. The van der Waals surface area contributed by atoms with Crippen molar-refractivity contribution in [2.45, 2.75) is 23.8 Å². The normalized spacial score (nSPS) is 19.1. The number of benzene rings is 1. The van der Waals surface area contributed by atoms with Crippen LogP contribution in [-0.2, 0) is 14.8 Å². The maximum absolute atomic E-state index is 12.2. The molecule has 0 aliphatic carbocycles. The van der Waals surface area contributed by atoms with Crippen molar-refractivity contribution in [3.05, 3.63) is 27.3 Å². The molecule has 0 aromatic heterocycles. The second kappa shape index (κ2) is 6.28. The van der Waals surface area contributed by atoms with Gasteiger partial charge in [-0.1, -0.05) is 0 Å². The van der Waals surface area contributed by atoms with Crippen LogP contribution in [0.5, 0.6) is 0 Å². The Balaban J connectivity index is 2.29. The summed E-state index contributed by atoms with van der Waals surface area (Å²) in [4.78, 5) is 22.5. The summed E-state index contributed by atoms with van der Waals surface area (Å²) in [6, 6.07) is 3.00. The molecule has 7 nitrogen and oxygen atoms in total. The van der Waals surface area contributed by atoms with Crippen LogP contribution >= 0.6 is 22.6 Å². The van der Waals surface area contributed by atoms with Crippen LogP contribution in [0.4, 0.5) is 0 Å². The lowest BCUT2D eigenvalue weighted by molar-refractivity contribution is -0.124. The van der Waals surface area contributed by atoms with Gasteiger partial charge >= 0.3 is 5.97 Å². The van der Waals surface area contributed by atoms with Gasteiger partial charge in [0.2, 0.25) is 15.9 Å². The smallest absolute Gasteiger partial charge is 0.336 e. The van der Waals surface area contributed by atoms with Gasteiger partial charge in [0.15, 0.2) is 0 Å². The molecule has 1 atom stereocenters. The van der Waals surface area contributed by atoms with Crippen LogP contribution in [0.3, 0.4) is 0 Å². The third-order valence-corrected chi connectivity index (χ3v) is 5.47. The fraction of sp³-hybridized carbons (Fsp3) is 0.333. The van der Waals surface area contributed by atoms with Gasteiger partial charge in [0.1, 0.15) is 6.04 Å². The Morgan fingerprint density at radius 2 is 2.14 bits per heavy atom. The number of carbonyl (C=O) groups excluding carboxylic acids is 1. The third kappa shape index (κ3) is 3.71. The summed E-state index contributed by atoms with van der Waals surface area (Å²) in [5.41, 5.74) is -0.0911. The zero-order valence-electron chi connectivity index (χ0n) is 10.8. The highest BCUT2D eigenvalue weighted by molar-refractivity contribution is 14.1. The molecule has 3 N–H and O–H groups in total. The molecule has 1 heterocycles. The Morgan fingerprint density at radius 3 is 2.76 bits per heavy atom. The van der Waals surface area contributed by atoms with Gasteiger partial charge in [-0.15, -0.1) is 0 Å². The summed E-state index contributed by atoms with van der Waals surface area (Å²) in [7, 11) is -3.94. The molecule has 1 unspecified atom stereocenters. The Bertz CT molecular complexity index is 689. The molecular weight excluding hydrogens is 411 g/mol. The van der Waals surface area contributed by atoms with Gasteiger partial charge in [-0.3, -0.25) is 4.79 Å². The Kier molecular flexibility index (Phi) is 4.84. The van der Waals surface area contributed by atoms with Crippen LogP contribution in [0.15, 0.2) is 23.1 Å². The van der Waals surface area contributed by atoms with E-state index in [0.717, 1.165) is 6.07 Å². The predicted octanol–water partition coefficient (Wildman–Crippen LogP) is 0.546. The molecule has 1 amide bonds. The maximum Gasteiger partial charge on any atom is 0.336 e. The fourth-order valence-corrected chi connectivity index (χ4v) is 3.80. The molecule has 1 aliphatic heterocycles. The van der Waals surface area contributed by atoms with E-state index in [1.165, 1.54) is 12.1 Å². The minimum atomic E-state index is -3.94. The van der Waals surface area contributed by atoms with Crippen LogP contribution in [0, 0.1) is 3.57 Å². The summed E-state index contributed by atoms with van der Waals surface area (Å²) in [5, 5.41) is 11.6. The topological polar surface area (TPSA) is 113 Å². The van der Waals surface area contributed by atoms with Crippen LogP contribution in [0.2, 0.25) is 0 Å². The number of carboxylic acids is 1. The minimum absolute atomic E-state index is 0.0911. The second-order valence-electron chi connectivity index (χ2n) is 4.55. The SMILES string of the molecule is O=C(O)c1cc(S(=O)(=O)NC2CCCNC2=O)ccc1I. The Labute approximate surface area is 135 Å². The number of sulfonamides is 1. The van der Waals surface area contributed by atoms with Gasteiger partial charge in [0, 0.05) is 10.1 Å². The molecule has 0 bridgehead atoms. The lowest BCUT2D eigenvalue weighted by Gasteiger charge is -2.22. The van der Waals surface area contributed by atoms with E-state index >= 15 is 0 Å². The highest BCUT2D eigenvalue weighted by Gasteiger charge is 2.28. The first-order valence-corrected chi connectivity index (χ1v) is 8.70. The van der Waals surface area contributed by atoms with Crippen molar-refractivity contribution in [3.8, 4) is 0 Å². The second-order valence-corrected chi connectivity index (χ2v) is 7.43. The number of hydrogen-bond donors (Lipinski definition) is 3. The van der Waals surface area contributed by atoms with Crippen LogP contribution < -0.4 is 10.0 Å². The molecule has 0 radical (unpaired) electrons. The molecule has 114 valence electrons. The number of aromatic carboxylic acids is 1. The Morgan fingerprint density at radius 1 is 1.43 bits per heavy atom. The number of carbonyl (C=O) groups is 2. The molecule has 9 heteroatoms. The van der Waals surface area contributed by atoms with E-state index in [9.17, 15) is 18.0 Å². The van der Waals surface area contributed by atoms with E-state index in [1.807, 2.05) is 22.6 Å². The van der Waals surface area contributed by atoms with Crippen molar-refractivity contribution in [1.82, 2.24) is 10.0 Å². The lowest BCUT2D eigenvalue weighted by atomic mass is 10.1. The molecule has 2 rings (SSSR count). The van der Waals surface area contributed by atoms with E-state index in [0.29, 0.717) is 23.0 Å². The zero-order valence-corrected chi connectivity index (χ0v) is 13.8. The molecule has 1 fully saturated rings. The van der Waals surface area contributed by atoms with Crippen molar-refractivity contribution < 1.29 is 23.1 Å². The van der Waals surface area contributed by atoms with E-state index in [4.69, 9.17) is 5.11 Å². The largest absolute Gasteiger partial charge is 0.478 e.